The Morgan fingerprint density at radius 3 is 2.20 bits per heavy atom. The van der Waals surface area contributed by atoms with E-state index >= 15 is 0 Å². The lowest BCUT2D eigenvalue weighted by Gasteiger charge is -2.15. The van der Waals surface area contributed by atoms with Crippen molar-refractivity contribution in [3.8, 4) is 0 Å². The standard InChI is InChI=1S/C19H20BrNO4/c20-12-17(22)15-8-6-14(7-9-15)11-18(23)21-16(19(24)25)10-13-4-2-1-3-5-13/h1-9,16-17,22H,10-12H2,(H,21,23)(H,24,25)/t16-,17?/m0/s1. The number of carbonyl (C=O) groups excluding carboxylic acids is 1. The number of hydrogen-bond donors (Lipinski definition) is 3. The summed E-state index contributed by atoms with van der Waals surface area (Å²) in [6.07, 6.45) is -0.271. The number of halogens is 1. The molecule has 0 bridgehead atoms. The number of carbonyl (C=O) groups is 2. The van der Waals surface area contributed by atoms with Crippen LogP contribution in [0.3, 0.4) is 0 Å². The van der Waals surface area contributed by atoms with E-state index in [0.717, 1.165) is 16.7 Å². The Labute approximate surface area is 154 Å². The van der Waals surface area contributed by atoms with Crippen LogP contribution >= 0.6 is 15.9 Å². The molecule has 0 aliphatic heterocycles. The van der Waals surface area contributed by atoms with Gasteiger partial charge in [-0.3, -0.25) is 4.79 Å². The molecular weight excluding hydrogens is 386 g/mol. The van der Waals surface area contributed by atoms with Gasteiger partial charge < -0.3 is 15.5 Å². The van der Waals surface area contributed by atoms with Crippen LogP contribution < -0.4 is 5.32 Å². The van der Waals surface area contributed by atoms with E-state index < -0.39 is 18.1 Å². The Morgan fingerprint density at radius 1 is 1.00 bits per heavy atom. The Morgan fingerprint density at radius 2 is 1.64 bits per heavy atom. The fraction of sp³-hybridized carbons (Fsp3) is 0.263. The van der Waals surface area contributed by atoms with Crippen LogP contribution in [0.1, 0.15) is 22.8 Å². The van der Waals surface area contributed by atoms with Crippen LogP contribution in [0, 0.1) is 0 Å². The SMILES string of the molecule is O=C(Cc1ccc(C(O)CBr)cc1)N[C@@H](Cc1ccccc1)C(=O)O. The maximum atomic E-state index is 12.2. The zero-order valence-electron chi connectivity index (χ0n) is 13.6. The highest BCUT2D eigenvalue weighted by atomic mass is 79.9. The topological polar surface area (TPSA) is 86.6 Å². The second kappa shape index (κ2) is 9.34. The van der Waals surface area contributed by atoms with Crippen molar-refractivity contribution in [2.75, 3.05) is 5.33 Å². The van der Waals surface area contributed by atoms with Crippen molar-refractivity contribution in [2.24, 2.45) is 0 Å². The molecule has 25 heavy (non-hydrogen) atoms. The first-order valence-electron chi connectivity index (χ1n) is 7.88. The van der Waals surface area contributed by atoms with Gasteiger partial charge in [-0.25, -0.2) is 4.79 Å². The average molecular weight is 406 g/mol. The molecule has 2 rings (SSSR count). The molecule has 1 amide bonds. The molecule has 0 aliphatic rings. The molecule has 0 radical (unpaired) electrons. The van der Waals surface area contributed by atoms with E-state index in [1.807, 2.05) is 30.3 Å². The summed E-state index contributed by atoms with van der Waals surface area (Å²) < 4.78 is 0. The average Bonchev–Trinajstić information content (AvgIpc) is 2.62. The van der Waals surface area contributed by atoms with E-state index in [2.05, 4.69) is 21.2 Å². The molecule has 0 aliphatic carbocycles. The third-order valence-electron chi connectivity index (χ3n) is 3.79. The number of rotatable bonds is 8. The predicted octanol–water partition coefficient (Wildman–Crippen LogP) is 2.47. The zero-order valence-corrected chi connectivity index (χ0v) is 15.1. The number of aliphatic carboxylic acids is 1. The molecule has 0 heterocycles. The minimum absolute atomic E-state index is 0.0866. The van der Waals surface area contributed by atoms with E-state index in [0.29, 0.717) is 5.33 Å². The fourth-order valence-corrected chi connectivity index (χ4v) is 2.80. The lowest BCUT2D eigenvalue weighted by molar-refractivity contribution is -0.141. The van der Waals surface area contributed by atoms with Gasteiger partial charge in [0.05, 0.1) is 12.5 Å². The maximum absolute atomic E-state index is 12.2. The molecular formula is C19H20BrNO4. The second-order valence-corrected chi connectivity index (χ2v) is 6.38. The minimum Gasteiger partial charge on any atom is -0.480 e. The first kappa shape index (κ1) is 19.1. The second-order valence-electron chi connectivity index (χ2n) is 5.74. The van der Waals surface area contributed by atoms with Gasteiger partial charge >= 0.3 is 5.97 Å². The normalized spacial score (nSPS) is 13.0. The van der Waals surface area contributed by atoms with E-state index in [9.17, 15) is 19.8 Å². The summed E-state index contributed by atoms with van der Waals surface area (Å²) in [5.41, 5.74) is 2.36. The third kappa shape index (κ3) is 5.99. The molecule has 1 unspecified atom stereocenters. The Kier molecular flexibility index (Phi) is 7.16. The molecule has 0 saturated heterocycles. The third-order valence-corrected chi connectivity index (χ3v) is 4.40. The highest BCUT2D eigenvalue weighted by Gasteiger charge is 2.20. The number of hydrogen-bond acceptors (Lipinski definition) is 3. The van der Waals surface area contributed by atoms with Crippen LogP contribution in [0.25, 0.3) is 0 Å². The fourth-order valence-electron chi connectivity index (χ4n) is 2.43. The Balaban J connectivity index is 1.96. The van der Waals surface area contributed by atoms with Crippen LogP contribution in [-0.2, 0) is 22.4 Å². The van der Waals surface area contributed by atoms with Crippen molar-refractivity contribution >= 4 is 27.8 Å². The molecule has 2 aromatic rings. The molecule has 2 atom stereocenters. The first-order valence-corrected chi connectivity index (χ1v) is 9.00. The molecule has 2 aromatic carbocycles. The summed E-state index contributed by atoms with van der Waals surface area (Å²) in [6, 6.07) is 15.2. The van der Waals surface area contributed by atoms with Gasteiger partial charge in [-0.2, -0.15) is 0 Å². The molecule has 6 heteroatoms. The number of carboxylic acids is 1. The van der Waals surface area contributed by atoms with Crippen LogP contribution in [0.15, 0.2) is 54.6 Å². The van der Waals surface area contributed by atoms with Gasteiger partial charge in [0.2, 0.25) is 5.91 Å². The highest BCUT2D eigenvalue weighted by Crippen LogP contribution is 2.16. The van der Waals surface area contributed by atoms with Crippen molar-refractivity contribution in [2.45, 2.75) is 25.0 Å². The highest BCUT2D eigenvalue weighted by molar-refractivity contribution is 9.09. The minimum atomic E-state index is -1.06. The first-order chi connectivity index (χ1) is 12.0. The van der Waals surface area contributed by atoms with Crippen LogP contribution in [0.5, 0.6) is 0 Å². The largest absolute Gasteiger partial charge is 0.480 e. The summed E-state index contributed by atoms with van der Waals surface area (Å²) in [6.45, 7) is 0. The summed E-state index contributed by atoms with van der Waals surface area (Å²) >= 11 is 3.21. The van der Waals surface area contributed by atoms with Crippen molar-refractivity contribution in [1.82, 2.24) is 5.32 Å². The molecule has 0 saturated carbocycles. The van der Waals surface area contributed by atoms with Gasteiger partial charge in [-0.05, 0) is 16.7 Å². The van der Waals surface area contributed by atoms with Crippen molar-refractivity contribution in [1.29, 1.82) is 0 Å². The Hall–Kier alpha value is -2.18. The molecule has 3 N–H and O–H groups in total. The van der Waals surface area contributed by atoms with E-state index in [4.69, 9.17) is 0 Å². The van der Waals surface area contributed by atoms with E-state index in [1.54, 1.807) is 24.3 Å². The molecule has 0 fully saturated rings. The number of nitrogens with one attached hydrogen (secondary N) is 1. The molecule has 0 spiro atoms. The summed E-state index contributed by atoms with van der Waals surface area (Å²) in [5, 5.41) is 22.1. The quantitative estimate of drug-likeness (QED) is 0.588. The van der Waals surface area contributed by atoms with Gasteiger partial charge in [0, 0.05) is 11.8 Å². The van der Waals surface area contributed by atoms with Crippen LogP contribution in [0.2, 0.25) is 0 Å². The molecule has 0 aromatic heterocycles. The van der Waals surface area contributed by atoms with Gasteiger partial charge in [-0.1, -0.05) is 70.5 Å². The van der Waals surface area contributed by atoms with Crippen LogP contribution in [-0.4, -0.2) is 33.5 Å². The van der Waals surface area contributed by atoms with E-state index in [-0.39, 0.29) is 18.7 Å². The van der Waals surface area contributed by atoms with Crippen molar-refractivity contribution in [3.63, 3.8) is 0 Å². The lowest BCUT2D eigenvalue weighted by atomic mass is 10.0. The van der Waals surface area contributed by atoms with Crippen molar-refractivity contribution in [3.05, 3.63) is 71.3 Å². The number of aliphatic hydroxyl groups is 1. The number of amides is 1. The number of benzene rings is 2. The Bertz CT molecular complexity index is 703. The molecule has 5 nitrogen and oxygen atoms in total. The van der Waals surface area contributed by atoms with Gasteiger partial charge in [-0.15, -0.1) is 0 Å². The monoisotopic (exact) mass is 405 g/mol. The summed E-state index contributed by atoms with van der Waals surface area (Å²) in [5.74, 6) is -1.41. The smallest absolute Gasteiger partial charge is 0.326 e. The van der Waals surface area contributed by atoms with Gasteiger partial charge in [0.25, 0.3) is 0 Å². The number of carboxylic acid groups (broad SMARTS) is 1. The van der Waals surface area contributed by atoms with Gasteiger partial charge in [0.15, 0.2) is 0 Å². The molecule has 132 valence electrons. The number of aliphatic hydroxyl groups excluding tert-OH is 1. The lowest BCUT2D eigenvalue weighted by Crippen LogP contribution is -2.43. The van der Waals surface area contributed by atoms with E-state index in [1.165, 1.54) is 0 Å². The summed E-state index contributed by atoms with van der Waals surface area (Å²) in [7, 11) is 0. The van der Waals surface area contributed by atoms with Crippen molar-refractivity contribution < 1.29 is 19.8 Å². The van der Waals surface area contributed by atoms with Gasteiger partial charge in [0.1, 0.15) is 6.04 Å². The number of alkyl halides is 1. The predicted molar refractivity (Wildman–Crippen MR) is 98.6 cm³/mol. The van der Waals surface area contributed by atoms with Crippen LogP contribution in [0.4, 0.5) is 0 Å². The zero-order chi connectivity index (χ0) is 18.2. The maximum Gasteiger partial charge on any atom is 0.326 e. The summed E-state index contributed by atoms with van der Waals surface area (Å²) in [4.78, 5) is 23.6.